The zero-order chi connectivity index (χ0) is 20.1. The van der Waals surface area contributed by atoms with Crippen molar-refractivity contribution in [3.63, 3.8) is 0 Å². The Balaban J connectivity index is 1.32. The molecule has 1 aliphatic heterocycles. The SMILES string of the molecule is Cc1nc(-c2cccs2)sc1C(=O)N1CCCN(CCCc2ccccc2)CC1. The Bertz CT molecular complexity index is 921. The van der Waals surface area contributed by atoms with E-state index in [4.69, 9.17) is 0 Å². The Kier molecular flexibility index (Phi) is 6.74. The summed E-state index contributed by atoms with van der Waals surface area (Å²) in [4.78, 5) is 24.3. The molecule has 0 aliphatic carbocycles. The smallest absolute Gasteiger partial charge is 0.265 e. The maximum Gasteiger partial charge on any atom is 0.265 e. The third-order valence-electron chi connectivity index (χ3n) is 5.38. The lowest BCUT2D eigenvalue weighted by molar-refractivity contribution is 0.0765. The molecule has 0 atom stereocenters. The molecule has 3 heterocycles. The Morgan fingerprint density at radius 3 is 2.72 bits per heavy atom. The number of thiazole rings is 1. The quantitative estimate of drug-likeness (QED) is 0.560. The van der Waals surface area contributed by atoms with Crippen molar-refractivity contribution in [2.24, 2.45) is 0 Å². The first-order valence-electron chi connectivity index (χ1n) is 10.3. The summed E-state index contributed by atoms with van der Waals surface area (Å²) in [6.45, 7) is 6.71. The Hall–Kier alpha value is -2.02. The van der Waals surface area contributed by atoms with Crippen molar-refractivity contribution in [2.45, 2.75) is 26.2 Å². The van der Waals surface area contributed by atoms with E-state index in [1.54, 1.807) is 11.3 Å². The summed E-state index contributed by atoms with van der Waals surface area (Å²) in [5, 5.41) is 3.01. The zero-order valence-corrected chi connectivity index (χ0v) is 18.5. The van der Waals surface area contributed by atoms with Gasteiger partial charge in [-0.25, -0.2) is 4.98 Å². The van der Waals surface area contributed by atoms with E-state index < -0.39 is 0 Å². The normalized spacial score (nSPS) is 15.4. The Morgan fingerprint density at radius 2 is 1.93 bits per heavy atom. The number of aromatic nitrogens is 1. The highest BCUT2D eigenvalue weighted by molar-refractivity contribution is 7.22. The van der Waals surface area contributed by atoms with Crippen molar-refractivity contribution in [3.8, 4) is 9.88 Å². The minimum atomic E-state index is 0.147. The molecule has 0 spiro atoms. The van der Waals surface area contributed by atoms with E-state index in [0.717, 1.165) is 72.4 Å². The number of aryl methyl sites for hydroxylation is 2. The number of rotatable bonds is 6. The van der Waals surface area contributed by atoms with Crippen LogP contribution in [-0.4, -0.2) is 53.4 Å². The van der Waals surface area contributed by atoms with Crippen LogP contribution in [0.5, 0.6) is 0 Å². The minimum Gasteiger partial charge on any atom is -0.337 e. The highest BCUT2D eigenvalue weighted by Crippen LogP contribution is 2.31. The van der Waals surface area contributed by atoms with Crippen molar-refractivity contribution in [2.75, 3.05) is 32.7 Å². The molecular formula is C23H27N3OS2. The third kappa shape index (κ3) is 5.13. The molecule has 0 N–H and O–H groups in total. The van der Waals surface area contributed by atoms with Crippen LogP contribution in [0.3, 0.4) is 0 Å². The van der Waals surface area contributed by atoms with Crippen LogP contribution >= 0.6 is 22.7 Å². The summed E-state index contributed by atoms with van der Waals surface area (Å²) >= 11 is 3.20. The van der Waals surface area contributed by atoms with E-state index in [1.807, 2.05) is 17.9 Å². The molecule has 1 aromatic carbocycles. The number of carbonyl (C=O) groups excluding carboxylic acids is 1. The minimum absolute atomic E-state index is 0.147. The molecule has 6 heteroatoms. The third-order valence-corrected chi connectivity index (χ3v) is 7.57. The standard InChI is InChI=1S/C23H27N3OS2/c1-18-21(29-22(24-18)20-11-6-17-28-20)23(27)26-14-7-13-25(15-16-26)12-5-10-19-8-3-2-4-9-19/h2-4,6,8-9,11,17H,5,7,10,12-16H2,1H3. The fraction of sp³-hybridized carbons (Fsp3) is 0.391. The average Bonchev–Trinajstić information content (AvgIpc) is 3.34. The van der Waals surface area contributed by atoms with E-state index >= 15 is 0 Å². The number of hydrogen-bond acceptors (Lipinski definition) is 5. The molecular weight excluding hydrogens is 398 g/mol. The number of benzene rings is 1. The van der Waals surface area contributed by atoms with Crippen molar-refractivity contribution in [1.82, 2.24) is 14.8 Å². The fourth-order valence-corrected chi connectivity index (χ4v) is 5.62. The van der Waals surface area contributed by atoms with E-state index in [0.29, 0.717) is 0 Å². The second-order valence-electron chi connectivity index (χ2n) is 7.49. The summed E-state index contributed by atoms with van der Waals surface area (Å²) < 4.78 is 0. The van der Waals surface area contributed by atoms with Gasteiger partial charge >= 0.3 is 0 Å². The second kappa shape index (κ2) is 9.65. The average molecular weight is 426 g/mol. The van der Waals surface area contributed by atoms with Gasteiger partial charge in [-0.05, 0) is 56.3 Å². The summed E-state index contributed by atoms with van der Waals surface area (Å²) in [5.74, 6) is 0.147. The Morgan fingerprint density at radius 1 is 1.07 bits per heavy atom. The molecule has 3 aromatic rings. The van der Waals surface area contributed by atoms with Gasteiger partial charge in [0.2, 0.25) is 0 Å². The van der Waals surface area contributed by atoms with Gasteiger partial charge in [-0.3, -0.25) is 4.79 Å². The molecule has 1 saturated heterocycles. The lowest BCUT2D eigenvalue weighted by Crippen LogP contribution is -2.35. The van der Waals surface area contributed by atoms with Crippen LogP contribution in [0, 0.1) is 6.92 Å². The van der Waals surface area contributed by atoms with Crippen LogP contribution in [0.2, 0.25) is 0 Å². The largest absolute Gasteiger partial charge is 0.337 e. The number of nitrogens with zero attached hydrogens (tertiary/aromatic N) is 3. The number of carbonyl (C=O) groups is 1. The summed E-state index contributed by atoms with van der Waals surface area (Å²) in [7, 11) is 0. The maximum absolute atomic E-state index is 13.1. The molecule has 2 aromatic heterocycles. The molecule has 1 aliphatic rings. The second-order valence-corrected chi connectivity index (χ2v) is 9.43. The predicted octanol–water partition coefficient (Wildman–Crippen LogP) is 4.96. The first-order chi connectivity index (χ1) is 14.2. The number of thiophene rings is 1. The van der Waals surface area contributed by atoms with Gasteiger partial charge in [0.1, 0.15) is 9.88 Å². The topological polar surface area (TPSA) is 36.4 Å². The van der Waals surface area contributed by atoms with Crippen molar-refractivity contribution >= 4 is 28.6 Å². The lowest BCUT2D eigenvalue weighted by atomic mass is 10.1. The van der Waals surface area contributed by atoms with Gasteiger partial charge in [0.25, 0.3) is 5.91 Å². The van der Waals surface area contributed by atoms with E-state index in [9.17, 15) is 4.79 Å². The lowest BCUT2D eigenvalue weighted by Gasteiger charge is -2.21. The molecule has 1 fully saturated rings. The van der Waals surface area contributed by atoms with Gasteiger partial charge < -0.3 is 9.80 Å². The summed E-state index contributed by atoms with van der Waals surface area (Å²) in [6, 6.07) is 14.8. The van der Waals surface area contributed by atoms with Crippen LogP contribution in [-0.2, 0) is 6.42 Å². The van der Waals surface area contributed by atoms with Crippen LogP contribution in [0.25, 0.3) is 9.88 Å². The molecule has 4 rings (SSSR count). The summed E-state index contributed by atoms with van der Waals surface area (Å²) in [6.07, 6.45) is 3.31. The van der Waals surface area contributed by atoms with E-state index in [1.165, 1.54) is 16.9 Å². The van der Waals surface area contributed by atoms with Gasteiger partial charge in [-0.2, -0.15) is 0 Å². The molecule has 29 heavy (non-hydrogen) atoms. The summed E-state index contributed by atoms with van der Waals surface area (Å²) in [5.41, 5.74) is 2.26. The highest BCUT2D eigenvalue weighted by Gasteiger charge is 2.24. The molecule has 4 nitrogen and oxygen atoms in total. The molecule has 0 bridgehead atoms. The highest BCUT2D eigenvalue weighted by atomic mass is 32.1. The van der Waals surface area contributed by atoms with Crippen molar-refractivity contribution in [3.05, 3.63) is 64.0 Å². The van der Waals surface area contributed by atoms with E-state index in [-0.39, 0.29) is 5.91 Å². The number of hydrogen-bond donors (Lipinski definition) is 0. The van der Waals surface area contributed by atoms with Gasteiger partial charge in [0.15, 0.2) is 0 Å². The van der Waals surface area contributed by atoms with Gasteiger partial charge in [-0.15, -0.1) is 22.7 Å². The van der Waals surface area contributed by atoms with Gasteiger partial charge in [-0.1, -0.05) is 36.4 Å². The van der Waals surface area contributed by atoms with Gasteiger partial charge in [0.05, 0.1) is 10.6 Å². The zero-order valence-electron chi connectivity index (χ0n) is 16.8. The first-order valence-corrected chi connectivity index (χ1v) is 12.0. The van der Waals surface area contributed by atoms with Gasteiger partial charge in [0, 0.05) is 19.6 Å². The molecule has 1 amide bonds. The fourth-order valence-electron chi connectivity index (χ4n) is 3.79. The van der Waals surface area contributed by atoms with Crippen LogP contribution < -0.4 is 0 Å². The molecule has 152 valence electrons. The first kappa shape index (κ1) is 20.3. The van der Waals surface area contributed by atoms with Crippen molar-refractivity contribution in [1.29, 1.82) is 0 Å². The molecule has 0 saturated carbocycles. The number of amides is 1. The Labute approximate surface area is 180 Å². The van der Waals surface area contributed by atoms with Crippen LogP contribution in [0.1, 0.15) is 33.8 Å². The van der Waals surface area contributed by atoms with Crippen LogP contribution in [0.15, 0.2) is 47.8 Å². The van der Waals surface area contributed by atoms with E-state index in [2.05, 4.69) is 51.7 Å². The predicted molar refractivity (Wildman–Crippen MR) is 122 cm³/mol. The molecule has 0 radical (unpaired) electrons. The van der Waals surface area contributed by atoms with Crippen LogP contribution in [0.4, 0.5) is 0 Å². The van der Waals surface area contributed by atoms with Crippen molar-refractivity contribution < 1.29 is 4.79 Å². The maximum atomic E-state index is 13.1. The monoisotopic (exact) mass is 425 g/mol. The molecule has 0 unspecified atom stereocenters.